The van der Waals surface area contributed by atoms with E-state index in [-0.39, 0.29) is 23.0 Å². The zero-order valence-electron chi connectivity index (χ0n) is 21.1. The highest BCUT2D eigenvalue weighted by molar-refractivity contribution is 6.12. The lowest BCUT2D eigenvalue weighted by Crippen LogP contribution is -2.35. The summed E-state index contributed by atoms with van der Waals surface area (Å²) in [6.45, 7) is 1.39. The first kappa shape index (κ1) is 31.9. The summed E-state index contributed by atoms with van der Waals surface area (Å²) >= 11 is 0. The number of aryl methyl sites for hydroxylation is 1. The van der Waals surface area contributed by atoms with E-state index in [4.69, 9.17) is 12.6 Å². The number of anilines is 1. The number of hydrogen-bond donors (Lipinski definition) is 3. The summed E-state index contributed by atoms with van der Waals surface area (Å²) in [7, 11) is 5.94. The fraction of sp³-hybridized carbons (Fsp3) is 0.208. The van der Waals surface area contributed by atoms with Crippen LogP contribution in [-0.4, -0.2) is 54.3 Å². The van der Waals surface area contributed by atoms with Crippen molar-refractivity contribution in [3.63, 3.8) is 0 Å². The maximum Gasteiger partial charge on any atom is 0.573 e. The molecule has 2 aromatic carbocycles. The van der Waals surface area contributed by atoms with Crippen LogP contribution in [0.4, 0.5) is 36.4 Å². The van der Waals surface area contributed by atoms with Gasteiger partial charge in [0.25, 0.3) is 11.8 Å². The second kappa shape index (κ2) is 11.7. The minimum absolute atomic E-state index is 0.187. The van der Waals surface area contributed by atoms with Gasteiger partial charge < -0.3 is 34.5 Å². The molecule has 1 heterocycles. The third-order valence-corrected chi connectivity index (χ3v) is 5.01. The van der Waals surface area contributed by atoms with Crippen LogP contribution in [0.25, 0.3) is 0 Å². The molecule has 18 heteroatoms. The SMILES string of the molecule is [B]C(O)(O)Oc1cc(OC(F)(F)F)ccc1Oc1ccc(C(F)(F)F)c(F)c1C(=O)Nc1cc(C(=O)OC)ncc1C. The van der Waals surface area contributed by atoms with Gasteiger partial charge in [0.2, 0.25) is 7.85 Å². The Kier molecular flexibility index (Phi) is 8.92. The van der Waals surface area contributed by atoms with Gasteiger partial charge in [-0.1, -0.05) is 0 Å². The van der Waals surface area contributed by atoms with Crippen molar-refractivity contribution in [1.82, 2.24) is 4.98 Å². The lowest BCUT2D eigenvalue weighted by molar-refractivity contribution is -0.274. The number of nitrogens with zero attached hydrogens (tertiary/aromatic N) is 1. The molecule has 0 unspecified atom stereocenters. The molecule has 0 aliphatic rings. The molecule has 0 saturated carbocycles. The summed E-state index contributed by atoms with van der Waals surface area (Å²) < 4.78 is 112. The fourth-order valence-corrected chi connectivity index (χ4v) is 3.26. The molecule has 1 aromatic heterocycles. The topological polar surface area (TPSA) is 136 Å². The van der Waals surface area contributed by atoms with Crippen molar-refractivity contribution in [3.8, 4) is 23.0 Å². The van der Waals surface area contributed by atoms with Crippen molar-refractivity contribution in [2.45, 2.75) is 25.3 Å². The van der Waals surface area contributed by atoms with Crippen molar-refractivity contribution in [3.05, 3.63) is 70.8 Å². The Hall–Kier alpha value is -4.58. The summed E-state index contributed by atoms with van der Waals surface area (Å²) in [5.41, 5.74) is -3.56. The number of carbonyl (C=O) groups excluding carboxylic acids is 2. The number of esters is 1. The van der Waals surface area contributed by atoms with Crippen LogP contribution in [0.2, 0.25) is 0 Å². The van der Waals surface area contributed by atoms with E-state index in [1.165, 1.54) is 6.92 Å². The van der Waals surface area contributed by atoms with Crippen LogP contribution in [0, 0.1) is 12.7 Å². The molecule has 0 spiro atoms. The first-order valence-electron chi connectivity index (χ1n) is 11.1. The number of carbonyl (C=O) groups is 2. The average Bonchev–Trinajstić information content (AvgIpc) is 2.83. The molecule has 2 radical (unpaired) electrons. The van der Waals surface area contributed by atoms with E-state index in [1.807, 2.05) is 0 Å². The smallest absolute Gasteiger partial charge is 0.464 e. The van der Waals surface area contributed by atoms with Gasteiger partial charge in [-0.25, -0.2) is 14.2 Å². The summed E-state index contributed by atoms with van der Waals surface area (Å²) in [6, 6.07) is 3.41. The number of amides is 1. The first-order valence-corrected chi connectivity index (χ1v) is 11.1. The quantitative estimate of drug-likeness (QED) is 0.148. The van der Waals surface area contributed by atoms with Gasteiger partial charge in [-0.3, -0.25) is 4.79 Å². The van der Waals surface area contributed by atoms with Crippen molar-refractivity contribution in [2.75, 3.05) is 12.4 Å². The summed E-state index contributed by atoms with van der Waals surface area (Å²) in [5.74, 6) is -11.8. The van der Waals surface area contributed by atoms with Crippen LogP contribution < -0.4 is 19.5 Å². The molecule has 0 aliphatic carbocycles. The highest BCUT2D eigenvalue weighted by Gasteiger charge is 2.38. The summed E-state index contributed by atoms with van der Waals surface area (Å²) in [4.78, 5) is 28.7. The van der Waals surface area contributed by atoms with Crippen LogP contribution in [0.5, 0.6) is 23.0 Å². The van der Waals surface area contributed by atoms with E-state index in [1.54, 1.807) is 0 Å². The largest absolute Gasteiger partial charge is 0.573 e. The first-order chi connectivity index (χ1) is 19.3. The van der Waals surface area contributed by atoms with Gasteiger partial charge in [-0.05, 0) is 42.8 Å². The minimum atomic E-state index is -5.29. The Morgan fingerprint density at radius 3 is 2.17 bits per heavy atom. The van der Waals surface area contributed by atoms with E-state index in [2.05, 4.69) is 24.5 Å². The van der Waals surface area contributed by atoms with Crippen LogP contribution in [0.3, 0.4) is 0 Å². The van der Waals surface area contributed by atoms with Crippen LogP contribution in [0.1, 0.15) is 32.0 Å². The van der Waals surface area contributed by atoms with Gasteiger partial charge >= 0.3 is 18.5 Å². The van der Waals surface area contributed by atoms with Crippen LogP contribution in [0.15, 0.2) is 42.6 Å². The highest BCUT2D eigenvalue weighted by Crippen LogP contribution is 2.41. The molecule has 0 bridgehead atoms. The maximum atomic E-state index is 15.2. The summed E-state index contributed by atoms with van der Waals surface area (Å²) in [5, 5.41) is 20.9. The minimum Gasteiger partial charge on any atom is -0.464 e. The number of halogens is 7. The Morgan fingerprint density at radius 2 is 1.60 bits per heavy atom. The number of nitrogens with one attached hydrogen (secondary N) is 1. The molecule has 0 saturated heterocycles. The lowest BCUT2D eigenvalue weighted by atomic mass is 10.1. The van der Waals surface area contributed by atoms with Crippen molar-refractivity contribution in [1.29, 1.82) is 0 Å². The fourth-order valence-electron chi connectivity index (χ4n) is 3.26. The van der Waals surface area contributed by atoms with Gasteiger partial charge in [0.05, 0.1) is 12.7 Å². The molecule has 1 amide bonds. The van der Waals surface area contributed by atoms with Gasteiger partial charge in [-0.2, -0.15) is 13.2 Å². The molecule has 42 heavy (non-hydrogen) atoms. The van der Waals surface area contributed by atoms with E-state index >= 15 is 4.39 Å². The number of pyridine rings is 1. The zero-order valence-corrected chi connectivity index (χ0v) is 21.1. The normalized spacial score (nSPS) is 12.0. The molecule has 0 fully saturated rings. The highest BCUT2D eigenvalue weighted by atomic mass is 19.4. The Bertz CT molecular complexity index is 1510. The Morgan fingerprint density at radius 1 is 0.952 bits per heavy atom. The van der Waals surface area contributed by atoms with E-state index in [9.17, 15) is 46.1 Å². The predicted molar refractivity (Wildman–Crippen MR) is 126 cm³/mol. The van der Waals surface area contributed by atoms with Crippen molar-refractivity contribution < 1.29 is 69.5 Å². The lowest BCUT2D eigenvalue weighted by Gasteiger charge is -2.22. The molecule has 0 aliphatic heterocycles. The molecule has 3 rings (SSSR count). The zero-order chi connectivity index (χ0) is 31.6. The number of alkyl halides is 6. The Labute approximate surface area is 232 Å². The number of hydrogen-bond acceptors (Lipinski definition) is 9. The molecule has 10 nitrogen and oxygen atoms in total. The van der Waals surface area contributed by atoms with Gasteiger partial charge in [0, 0.05) is 18.0 Å². The van der Waals surface area contributed by atoms with Crippen molar-refractivity contribution in [2.24, 2.45) is 0 Å². The maximum absolute atomic E-state index is 15.2. The monoisotopic (exact) mass is 604 g/mol. The number of rotatable bonds is 8. The van der Waals surface area contributed by atoms with Gasteiger partial charge in [0.15, 0.2) is 17.3 Å². The number of benzene rings is 2. The standard InChI is InChI=1S/C24H16BF7N2O8/c1-10-9-33-14(21(36)39-2)8-13(10)34-20(35)18-16(6-4-12(19(18)26)22(27,28)29)40-15-5-3-11(41-24(30,31)32)7-17(15)42-23(25,37)38/h3-9,37-38H,1-2H3,(H,33,34,35). The predicted octanol–water partition coefficient (Wildman–Crippen LogP) is 4.42. The van der Waals surface area contributed by atoms with E-state index in [0.717, 1.165) is 19.4 Å². The second-order valence-corrected chi connectivity index (χ2v) is 8.15. The van der Waals surface area contributed by atoms with Gasteiger partial charge in [-0.15, -0.1) is 13.2 Å². The second-order valence-electron chi connectivity index (χ2n) is 8.15. The van der Waals surface area contributed by atoms with Crippen LogP contribution >= 0.6 is 0 Å². The molecular weight excluding hydrogens is 588 g/mol. The molecule has 3 N–H and O–H groups in total. The average molecular weight is 604 g/mol. The van der Waals surface area contributed by atoms with E-state index < -0.39 is 70.2 Å². The van der Waals surface area contributed by atoms with Crippen LogP contribution in [-0.2, 0) is 10.9 Å². The third-order valence-electron chi connectivity index (χ3n) is 5.01. The molecular formula is C24H16BF7N2O8. The molecule has 0 atom stereocenters. The third kappa shape index (κ3) is 8.00. The molecule has 3 aromatic rings. The number of methoxy groups -OCH3 is 1. The number of aromatic nitrogens is 1. The number of ether oxygens (including phenoxy) is 4. The van der Waals surface area contributed by atoms with E-state index in [0.29, 0.717) is 24.3 Å². The number of aliphatic hydroxyl groups is 2. The van der Waals surface area contributed by atoms with Gasteiger partial charge in [0.1, 0.15) is 22.8 Å². The molecule has 222 valence electrons. The van der Waals surface area contributed by atoms with Crippen molar-refractivity contribution >= 4 is 25.4 Å². The Balaban J connectivity index is 2.13. The summed E-state index contributed by atoms with van der Waals surface area (Å²) in [6.07, 6.45) is -9.39.